The van der Waals surface area contributed by atoms with Crippen LogP contribution in [0.15, 0.2) is 36.4 Å². The van der Waals surface area contributed by atoms with Crippen LogP contribution in [-0.4, -0.2) is 46.9 Å². The summed E-state index contributed by atoms with van der Waals surface area (Å²) in [7, 11) is 0. The van der Waals surface area contributed by atoms with Crippen LogP contribution >= 0.6 is 0 Å². The van der Waals surface area contributed by atoms with E-state index in [0.29, 0.717) is 24.2 Å². The number of hydrogen-bond acceptors (Lipinski definition) is 3. The molecule has 7 heteroatoms. The van der Waals surface area contributed by atoms with Crippen LogP contribution in [0.4, 0.5) is 13.2 Å². The molecule has 0 atom stereocenters. The number of rotatable bonds is 4. The van der Waals surface area contributed by atoms with Crippen LogP contribution in [-0.2, 0) is 12.7 Å². The molecular weight excluding hydrogens is 415 g/mol. The molecule has 0 spiro atoms. The van der Waals surface area contributed by atoms with Crippen LogP contribution in [0.2, 0.25) is 0 Å². The third-order valence-electron chi connectivity index (χ3n) is 6.63. The zero-order chi connectivity index (χ0) is 22.7. The highest BCUT2D eigenvalue weighted by Crippen LogP contribution is 2.34. The van der Waals surface area contributed by atoms with E-state index < -0.39 is 11.7 Å². The quantitative estimate of drug-likeness (QED) is 0.631. The molecule has 0 radical (unpaired) electrons. The zero-order valence-corrected chi connectivity index (χ0v) is 18.5. The fraction of sp³-hybridized carbons (Fsp3) is 0.520. The number of nitrogens with zero attached hydrogens (tertiary/aromatic N) is 3. The van der Waals surface area contributed by atoms with Crippen LogP contribution in [0.1, 0.15) is 70.9 Å². The molecule has 0 aliphatic carbocycles. The van der Waals surface area contributed by atoms with Crippen molar-refractivity contribution in [3.05, 3.63) is 64.5 Å². The van der Waals surface area contributed by atoms with Gasteiger partial charge in [-0.1, -0.05) is 18.2 Å². The Morgan fingerprint density at radius 3 is 2.38 bits per heavy atom. The lowest BCUT2D eigenvalue weighted by Gasteiger charge is -2.34. The lowest BCUT2D eigenvalue weighted by molar-refractivity contribution is -0.138. The lowest BCUT2D eigenvalue weighted by Crippen LogP contribution is -2.37. The third-order valence-corrected chi connectivity index (χ3v) is 6.63. The second-order valence-corrected chi connectivity index (χ2v) is 8.94. The molecular formula is C25H30F3N3O. The first-order valence-corrected chi connectivity index (χ1v) is 11.5. The number of likely N-dealkylation sites (tertiary alicyclic amines) is 2. The van der Waals surface area contributed by atoms with Gasteiger partial charge in [0.1, 0.15) is 0 Å². The van der Waals surface area contributed by atoms with E-state index in [0.717, 1.165) is 56.2 Å². The van der Waals surface area contributed by atoms with E-state index in [9.17, 15) is 18.0 Å². The van der Waals surface area contributed by atoms with E-state index >= 15 is 0 Å². The van der Waals surface area contributed by atoms with Crippen molar-refractivity contribution in [2.75, 3.05) is 26.2 Å². The normalized spacial score (nSPS) is 18.7. The Balaban J connectivity index is 1.46. The first-order chi connectivity index (χ1) is 15.3. The van der Waals surface area contributed by atoms with Gasteiger partial charge in [-0.2, -0.15) is 13.2 Å². The summed E-state index contributed by atoms with van der Waals surface area (Å²) in [6.45, 7) is 5.17. The van der Waals surface area contributed by atoms with Crippen LogP contribution in [0.3, 0.4) is 0 Å². The Morgan fingerprint density at radius 1 is 1.00 bits per heavy atom. The van der Waals surface area contributed by atoms with E-state index in [4.69, 9.17) is 4.98 Å². The van der Waals surface area contributed by atoms with Crippen molar-refractivity contribution in [3.63, 3.8) is 0 Å². The van der Waals surface area contributed by atoms with Gasteiger partial charge in [-0.15, -0.1) is 0 Å². The minimum absolute atomic E-state index is 0.0636. The van der Waals surface area contributed by atoms with Gasteiger partial charge < -0.3 is 4.90 Å². The smallest absolute Gasteiger partial charge is 0.339 e. The Labute approximate surface area is 187 Å². The lowest BCUT2D eigenvalue weighted by atomic mass is 9.89. The summed E-state index contributed by atoms with van der Waals surface area (Å²) in [6.07, 6.45) is 0.467. The maximum atomic E-state index is 13.3. The molecule has 4 rings (SSSR count). The summed E-state index contributed by atoms with van der Waals surface area (Å²) in [6, 6.07) is 9.60. The summed E-state index contributed by atoms with van der Waals surface area (Å²) in [5.41, 5.74) is 2.19. The predicted octanol–water partition coefficient (Wildman–Crippen LogP) is 5.41. The summed E-state index contributed by atoms with van der Waals surface area (Å²) >= 11 is 0. The van der Waals surface area contributed by atoms with Crippen molar-refractivity contribution in [2.24, 2.45) is 0 Å². The first kappa shape index (κ1) is 22.8. The number of pyridine rings is 1. The van der Waals surface area contributed by atoms with Gasteiger partial charge in [0.2, 0.25) is 0 Å². The van der Waals surface area contributed by atoms with Crippen LogP contribution in [0.5, 0.6) is 0 Å². The van der Waals surface area contributed by atoms with Crippen molar-refractivity contribution in [3.8, 4) is 0 Å². The molecule has 0 bridgehead atoms. The van der Waals surface area contributed by atoms with E-state index in [1.54, 1.807) is 12.1 Å². The number of carbonyl (C=O) groups is 1. The molecule has 1 aromatic carbocycles. The van der Waals surface area contributed by atoms with Gasteiger partial charge in [0.25, 0.3) is 5.91 Å². The highest BCUT2D eigenvalue weighted by atomic mass is 19.4. The van der Waals surface area contributed by atoms with Crippen molar-refractivity contribution in [2.45, 2.75) is 57.7 Å². The number of hydrogen-bond donors (Lipinski definition) is 0. The topological polar surface area (TPSA) is 36.4 Å². The molecule has 1 aromatic heterocycles. The summed E-state index contributed by atoms with van der Waals surface area (Å²) in [5.74, 6) is 0.210. The maximum Gasteiger partial charge on any atom is 0.416 e. The van der Waals surface area contributed by atoms with Crippen LogP contribution in [0.25, 0.3) is 0 Å². The summed E-state index contributed by atoms with van der Waals surface area (Å²) in [4.78, 5) is 21.9. The standard InChI is InChI=1S/C25H30F3N3O/c1-18-9-10-21(24(32)31-13-5-2-6-14-31)23(29-18)19-11-15-30(16-12-19)17-20-7-3-4-8-22(20)25(26,27)28/h3-4,7-10,19H,2,5-6,11-17H2,1H3. The minimum Gasteiger partial charge on any atom is -0.339 e. The fourth-order valence-corrected chi connectivity index (χ4v) is 4.88. The average Bonchev–Trinajstić information content (AvgIpc) is 2.79. The molecule has 4 nitrogen and oxygen atoms in total. The monoisotopic (exact) mass is 445 g/mol. The van der Waals surface area contributed by atoms with E-state index in [2.05, 4.69) is 4.90 Å². The SMILES string of the molecule is Cc1ccc(C(=O)N2CCCCC2)c(C2CCN(Cc3ccccc3C(F)(F)F)CC2)n1. The van der Waals surface area contributed by atoms with Crippen molar-refractivity contribution in [1.29, 1.82) is 0 Å². The first-order valence-electron chi connectivity index (χ1n) is 11.5. The van der Waals surface area contributed by atoms with Crippen LogP contribution < -0.4 is 0 Å². The third kappa shape index (κ3) is 5.14. The van der Waals surface area contributed by atoms with E-state index in [1.165, 1.54) is 12.5 Å². The number of aryl methyl sites for hydroxylation is 1. The minimum atomic E-state index is -4.34. The molecule has 2 aliphatic rings. The highest BCUT2D eigenvalue weighted by molar-refractivity contribution is 5.95. The molecule has 2 saturated heterocycles. The largest absolute Gasteiger partial charge is 0.416 e. The number of benzene rings is 1. The van der Waals surface area contributed by atoms with E-state index in [1.807, 2.05) is 24.0 Å². The number of aromatic nitrogens is 1. The van der Waals surface area contributed by atoms with Crippen molar-refractivity contribution in [1.82, 2.24) is 14.8 Å². The average molecular weight is 446 g/mol. The second-order valence-electron chi connectivity index (χ2n) is 8.94. The number of amides is 1. The van der Waals surface area contributed by atoms with Gasteiger partial charge in [-0.3, -0.25) is 14.7 Å². The van der Waals surface area contributed by atoms with Crippen LogP contribution in [0, 0.1) is 6.92 Å². The molecule has 0 saturated carbocycles. The Morgan fingerprint density at radius 2 is 1.69 bits per heavy atom. The van der Waals surface area contributed by atoms with Crippen molar-refractivity contribution < 1.29 is 18.0 Å². The molecule has 2 fully saturated rings. The van der Waals surface area contributed by atoms with Gasteiger partial charge in [-0.05, 0) is 75.9 Å². The molecule has 1 amide bonds. The summed E-state index contributed by atoms with van der Waals surface area (Å²) < 4.78 is 40.0. The molecule has 2 aliphatic heterocycles. The number of carbonyl (C=O) groups excluding carboxylic acids is 1. The molecule has 32 heavy (non-hydrogen) atoms. The Bertz CT molecular complexity index is 946. The van der Waals surface area contributed by atoms with Crippen molar-refractivity contribution >= 4 is 5.91 Å². The van der Waals surface area contributed by atoms with Gasteiger partial charge in [-0.25, -0.2) is 0 Å². The zero-order valence-electron chi connectivity index (χ0n) is 18.5. The van der Waals surface area contributed by atoms with Gasteiger partial charge in [0.05, 0.1) is 16.8 Å². The van der Waals surface area contributed by atoms with Gasteiger partial charge in [0.15, 0.2) is 0 Å². The Hall–Kier alpha value is -2.41. The highest BCUT2D eigenvalue weighted by Gasteiger charge is 2.34. The maximum absolute atomic E-state index is 13.3. The molecule has 2 aromatic rings. The fourth-order valence-electron chi connectivity index (χ4n) is 4.88. The van der Waals surface area contributed by atoms with Gasteiger partial charge in [0, 0.05) is 31.2 Å². The van der Waals surface area contributed by atoms with E-state index in [-0.39, 0.29) is 18.4 Å². The number of alkyl halides is 3. The molecule has 0 N–H and O–H groups in total. The van der Waals surface area contributed by atoms with Gasteiger partial charge >= 0.3 is 6.18 Å². The predicted molar refractivity (Wildman–Crippen MR) is 117 cm³/mol. The number of piperidine rings is 2. The molecule has 0 unspecified atom stereocenters. The Kier molecular flexibility index (Phi) is 6.84. The summed E-state index contributed by atoms with van der Waals surface area (Å²) in [5, 5.41) is 0. The second kappa shape index (κ2) is 9.61. The molecule has 3 heterocycles. The molecule has 172 valence electrons. The number of halogens is 3.